The lowest BCUT2D eigenvalue weighted by atomic mass is 10.0. The third-order valence-electron chi connectivity index (χ3n) is 4.92. The van der Waals surface area contributed by atoms with Gasteiger partial charge in [-0.2, -0.15) is 0 Å². The van der Waals surface area contributed by atoms with Crippen LogP contribution >= 0.6 is 0 Å². The van der Waals surface area contributed by atoms with E-state index >= 15 is 0 Å². The van der Waals surface area contributed by atoms with E-state index in [1.807, 2.05) is 19.2 Å². The van der Waals surface area contributed by atoms with Gasteiger partial charge in [-0.3, -0.25) is 0 Å². The van der Waals surface area contributed by atoms with Gasteiger partial charge in [0.15, 0.2) is 0 Å². The van der Waals surface area contributed by atoms with E-state index in [4.69, 9.17) is 0 Å². The topological polar surface area (TPSA) is 58.2 Å². The van der Waals surface area contributed by atoms with Crippen LogP contribution in [0, 0.1) is 10.8 Å². The summed E-state index contributed by atoms with van der Waals surface area (Å²) in [5.74, 6) is 0. The molecular weight excluding hydrogens is 272 g/mol. The molecule has 1 fully saturated rings. The van der Waals surface area contributed by atoms with E-state index in [1.165, 1.54) is 0 Å². The molecule has 2 rings (SSSR count). The van der Waals surface area contributed by atoms with Gasteiger partial charge in [0.25, 0.3) is 0 Å². The van der Waals surface area contributed by atoms with Gasteiger partial charge in [-0.05, 0) is 29.5 Å². The fourth-order valence-electron chi connectivity index (χ4n) is 2.81. The highest BCUT2D eigenvalue weighted by Crippen LogP contribution is 2.62. The number of nitrogens with one attached hydrogen (secondary N) is 2. The molecule has 0 unspecified atom stereocenters. The second-order valence-electron chi connectivity index (χ2n) is 6.64. The van der Waals surface area contributed by atoms with Gasteiger partial charge in [0, 0.05) is 12.6 Å². The predicted molar refractivity (Wildman–Crippen MR) is 80.9 cm³/mol. The Morgan fingerprint density at radius 2 is 1.65 bits per heavy atom. The summed E-state index contributed by atoms with van der Waals surface area (Å²) in [6.45, 7) is 8.92. The zero-order chi connectivity index (χ0) is 15.2. The van der Waals surface area contributed by atoms with Crippen molar-refractivity contribution in [3.63, 3.8) is 0 Å². The van der Waals surface area contributed by atoms with Crippen LogP contribution in [-0.2, 0) is 16.6 Å². The summed E-state index contributed by atoms with van der Waals surface area (Å²) < 4.78 is 28.1. The first kappa shape index (κ1) is 15.5. The maximum absolute atomic E-state index is 12.6. The third kappa shape index (κ3) is 2.38. The van der Waals surface area contributed by atoms with E-state index in [0.29, 0.717) is 11.4 Å². The maximum Gasteiger partial charge on any atom is 0.241 e. The van der Waals surface area contributed by atoms with E-state index in [0.717, 1.165) is 5.56 Å². The number of benzene rings is 1. The van der Waals surface area contributed by atoms with Crippen LogP contribution in [0.2, 0.25) is 0 Å². The van der Waals surface area contributed by atoms with E-state index < -0.39 is 10.0 Å². The molecule has 0 amide bonds. The maximum atomic E-state index is 12.6. The molecule has 0 heterocycles. The lowest BCUT2D eigenvalue weighted by molar-refractivity contribution is 0.457. The van der Waals surface area contributed by atoms with Gasteiger partial charge in [-0.1, -0.05) is 45.9 Å². The number of hydrogen-bond acceptors (Lipinski definition) is 3. The quantitative estimate of drug-likeness (QED) is 0.875. The van der Waals surface area contributed by atoms with E-state index in [9.17, 15) is 8.42 Å². The minimum atomic E-state index is -3.48. The lowest BCUT2D eigenvalue weighted by Crippen LogP contribution is -2.31. The third-order valence-corrected chi connectivity index (χ3v) is 6.45. The summed E-state index contributed by atoms with van der Waals surface area (Å²) in [5.41, 5.74) is 0.759. The van der Waals surface area contributed by atoms with Gasteiger partial charge in [0.2, 0.25) is 10.0 Å². The molecule has 5 heteroatoms. The van der Waals surface area contributed by atoms with Crippen LogP contribution < -0.4 is 10.0 Å². The largest absolute Gasteiger partial charge is 0.316 e. The average Bonchev–Trinajstić information content (AvgIpc) is 2.72. The van der Waals surface area contributed by atoms with Gasteiger partial charge in [-0.25, -0.2) is 13.1 Å². The molecule has 112 valence electrons. The first-order valence-corrected chi connectivity index (χ1v) is 8.38. The van der Waals surface area contributed by atoms with Crippen LogP contribution in [0.25, 0.3) is 0 Å². The predicted octanol–water partition coefficient (Wildman–Crippen LogP) is 2.12. The first-order chi connectivity index (χ1) is 9.14. The molecule has 2 N–H and O–H groups in total. The highest BCUT2D eigenvalue weighted by Gasteiger charge is 2.66. The number of rotatable bonds is 5. The Hall–Kier alpha value is -0.910. The van der Waals surface area contributed by atoms with Crippen molar-refractivity contribution >= 4 is 10.0 Å². The Bertz CT molecular complexity index is 592. The smallest absolute Gasteiger partial charge is 0.241 e. The van der Waals surface area contributed by atoms with Crippen molar-refractivity contribution in [2.75, 3.05) is 7.05 Å². The van der Waals surface area contributed by atoms with Gasteiger partial charge in [0.1, 0.15) is 0 Å². The molecule has 20 heavy (non-hydrogen) atoms. The highest BCUT2D eigenvalue weighted by atomic mass is 32.2. The summed E-state index contributed by atoms with van der Waals surface area (Å²) in [7, 11) is -1.67. The summed E-state index contributed by atoms with van der Waals surface area (Å²) in [6, 6.07) is 7.10. The molecule has 1 saturated carbocycles. The Morgan fingerprint density at radius 1 is 1.10 bits per heavy atom. The average molecular weight is 296 g/mol. The van der Waals surface area contributed by atoms with Crippen LogP contribution in [0.15, 0.2) is 29.2 Å². The fraction of sp³-hybridized carbons (Fsp3) is 0.600. The van der Waals surface area contributed by atoms with Crippen molar-refractivity contribution in [1.29, 1.82) is 0 Å². The second kappa shape index (κ2) is 4.83. The molecule has 0 aliphatic heterocycles. The van der Waals surface area contributed by atoms with E-state index in [-0.39, 0.29) is 16.9 Å². The Kier molecular flexibility index (Phi) is 3.73. The lowest BCUT2D eigenvalue weighted by Gasteiger charge is -2.12. The molecule has 0 bridgehead atoms. The molecule has 1 aliphatic carbocycles. The van der Waals surface area contributed by atoms with Crippen LogP contribution in [0.1, 0.15) is 33.3 Å². The molecule has 0 aromatic heterocycles. The van der Waals surface area contributed by atoms with Crippen molar-refractivity contribution in [3.8, 4) is 0 Å². The van der Waals surface area contributed by atoms with Crippen molar-refractivity contribution < 1.29 is 8.42 Å². The van der Waals surface area contributed by atoms with Crippen molar-refractivity contribution in [1.82, 2.24) is 10.0 Å². The highest BCUT2D eigenvalue weighted by molar-refractivity contribution is 7.89. The monoisotopic (exact) mass is 296 g/mol. The Morgan fingerprint density at radius 3 is 2.15 bits per heavy atom. The number of hydrogen-bond donors (Lipinski definition) is 2. The van der Waals surface area contributed by atoms with Crippen molar-refractivity contribution in [2.24, 2.45) is 10.8 Å². The molecule has 0 atom stereocenters. The van der Waals surface area contributed by atoms with Gasteiger partial charge < -0.3 is 5.32 Å². The van der Waals surface area contributed by atoms with Crippen LogP contribution in [0.3, 0.4) is 0 Å². The molecular formula is C15H24N2O2S. The fourth-order valence-corrected chi connectivity index (χ4v) is 4.58. The van der Waals surface area contributed by atoms with Crippen molar-refractivity contribution in [3.05, 3.63) is 29.8 Å². The van der Waals surface area contributed by atoms with Gasteiger partial charge in [-0.15, -0.1) is 0 Å². The SMILES string of the molecule is CNCc1ccccc1S(=O)(=O)NC1C(C)(C)C1(C)C. The Labute approximate surface area is 122 Å². The molecule has 0 radical (unpaired) electrons. The summed E-state index contributed by atoms with van der Waals surface area (Å²) in [5, 5.41) is 3.01. The van der Waals surface area contributed by atoms with Crippen molar-refractivity contribution in [2.45, 2.75) is 45.2 Å². The minimum absolute atomic E-state index is 0.0159. The normalized spacial score (nSPS) is 20.9. The van der Waals surface area contributed by atoms with E-state index in [1.54, 1.807) is 12.1 Å². The minimum Gasteiger partial charge on any atom is -0.316 e. The molecule has 4 nitrogen and oxygen atoms in total. The summed E-state index contributed by atoms with van der Waals surface area (Å²) >= 11 is 0. The zero-order valence-corrected chi connectivity index (χ0v) is 13.6. The molecule has 0 spiro atoms. The first-order valence-electron chi connectivity index (χ1n) is 6.89. The van der Waals surface area contributed by atoms with Crippen LogP contribution in [0.5, 0.6) is 0 Å². The summed E-state index contributed by atoms with van der Waals surface area (Å²) in [4.78, 5) is 0.368. The van der Waals surface area contributed by atoms with Crippen LogP contribution in [-0.4, -0.2) is 21.5 Å². The zero-order valence-electron chi connectivity index (χ0n) is 12.8. The van der Waals surface area contributed by atoms with Gasteiger partial charge >= 0.3 is 0 Å². The second-order valence-corrected chi connectivity index (χ2v) is 8.32. The van der Waals surface area contributed by atoms with Crippen LogP contribution in [0.4, 0.5) is 0 Å². The summed E-state index contributed by atoms with van der Waals surface area (Å²) in [6.07, 6.45) is 0. The Balaban J connectivity index is 2.29. The molecule has 0 saturated heterocycles. The van der Waals surface area contributed by atoms with Gasteiger partial charge in [0.05, 0.1) is 4.90 Å². The molecule has 1 aliphatic rings. The molecule has 1 aromatic rings. The van der Waals surface area contributed by atoms with E-state index in [2.05, 4.69) is 37.7 Å². The number of sulfonamides is 1. The standard InChI is InChI=1S/C15H24N2O2S/c1-14(2)13(15(14,3)4)17-20(18,19)12-9-7-6-8-11(12)10-16-5/h6-9,13,16-17H,10H2,1-5H3. The molecule has 1 aromatic carbocycles.